The fraction of sp³-hybridized carbons (Fsp3) is 0.833. The molecule has 0 aromatic rings. The van der Waals surface area contributed by atoms with Crippen molar-refractivity contribution in [1.82, 2.24) is 4.90 Å². The van der Waals surface area contributed by atoms with E-state index in [0.29, 0.717) is 6.04 Å². The molecule has 0 atom stereocenters. The van der Waals surface area contributed by atoms with Crippen molar-refractivity contribution >= 4 is 5.91 Å². The highest BCUT2D eigenvalue weighted by molar-refractivity contribution is 5.78. The number of rotatable bonds is 3. The van der Waals surface area contributed by atoms with Gasteiger partial charge in [-0.3, -0.25) is 4.79 Å². The van der Waals surface area contributed by atoms with E-state index < -0.39 is 0 Å². The van der Waals surface area contributed by atoms with Crippen molar-refractivity contribution in [3.05, 3.63) is 0 Å². The van der Waals surface area contributed by atoms with Crippen molar-refractivity contribution in [2.45, 2.75) is 52.0 Å². The molecule has 84 valence electrons. The van der Waals surface area contributed by atoms with E-state index in [1.165, 1.54) is 19.3 Å². The van der Waals surface area contributed by atoms with E-state index in [2.05, 4.69) is 6.07 Å². The summed E-state index contributed by atoms with van der Waals surface area (Å²) in [6.45, 7) is 4.05. The Labute approximate surface area is 92.1 Å². The van der Waals surface area contributed by atoms with Gasteiger partial charge in [-0.2, -0.15) is 5.26 Å². The summed E-state index contributed by atoms with van der Waals surface area (Å²) in [5.74, 6) is 0.128. The summed E-state index contributed by atoms with van der Waals surface area (Å²) in [4.78, 5) is 13.7. The van der Waals surface area contributed by atoms with E-state index in [4.69, 9.17) is 5.26 Å². The molecule has 0 aromatic heterocycles. The van der Waals surface area contributed by atoms with Crippen molar-refractivity contribution in [3.8, 4) is 6.07 Å². The summed E-state index contributed by atoms with van der Waals surface area (Å²) in [6, 6.07) is 2.42. The van der Waals surface area contributed by atoms with Crippen LogP contribution in [0.25, 0.3) is 0 Å². The average molecular weight is 208 g/mol. The number of hydrogen-bond acceptors (Lipinski definition) is 2. The maximum absolute atomic E-state index is 11.9. The molecular weight excluding hydrogens is 188 g/mol. The first kappa shape index (κ1) is 12.0. The summed E-state index contributed by atoms with van der Waals surface area (Å²) in [6.07, 6.45) is 5.79. The van der Waals surface area contributed by atoms with Crippen LogP contribution < -0.4 is 0 Å². The van der Waals surface area contributed by atoms with Crippen LogP contribution in [0, 0.1) is 17.2 Å². The first-order chi connectivity index (χ1) is 7.16. The molecule has 0 aromatic carbocycles. The van der Waals surface area contributed by atoms with Gasteiger partial charge in [0.25, 0.3) is 0 Å². The van der Waals surface area contributed by atoms with Gasteiger partial charge in [-0.1, -0.05) is 33.1 Å². The van der Waals surface area contributed by atoms with Gasteiger partial charge in [0.05, 0.1) is 6.07 Å². The van der Waals surface area contributed by atoms with Crippen LogP contribution in [0.2, 0.25) is 0 Å². The zero-order chi connectivity index (χ0) is 11.3. The predicted molar refractivity (Wildman–Crippen MR) is 59.0 cm³/mol. The molecule has 1 saturated carbocycles. The van der Waals surface area contributed by atoms with Gasteiger partial charge < -0.3 is 4.90 Å². The van der Waals surface area contributed by atoms with Gasteiger partial charge in [0.15, 0.2) is 0 Å². The first-order valence-electron chi connectivity index (χ1n) is 5.84. The molecule has 1 aliphatic carbocycles. The van der Waals surface area contributed by atoms with Crippen molar-refractivity contribution in [1.29, 1.82) is 5.26 Å². The average Bonchev–Trinajstić information content (AvgIpc) is 2.26. The van der Waals surface area contributed by atoms with Gasteiger partial charge in [-0.05, 0) is 12.8 Å². The minimum atomic E-state index is 0.000256. The number of hydrogen-bond donors (Lipinski definition) is 0. The monoisotopic (exact) mass is 208 g/mol. The summed E-state index contributed by atoms with van der Waals surface area (Å²) >= 11 is 0. The summed E-state index contributed by atoms with van der Waals surface area (Å²) in [5, 5.41) is 8.75. The largest absolute Gasteiger partial charge is 0.326 e. The number of amides is 1. The van der Waals surface area contributed by atoms with E-state index in [1.807, 2.05) is 13.8 Å². The Balaban J connectivity index is 2.63. The molecule has 0 radical (unpaired) electrons. The lowest BCUT2D eigenvalue weighted by atomic mass is 9.93. The standard InChI is InChI=1S/C12H20N2O/c1-10(2)12(15)14(9-8-13)11-6-4-3-5-7-11/h10-11H,3-7,9H2,1-2H3. The number of carbonyl (C=O) groups excluding carboxylic acids is 1. The molecule has 0 N–H and O–H groups in total. The zero-order valence-corrected chi connectivity index (χ0v) is 9.70. The lowest BCUT2D eigenvalue weighted by molar-refractivity contribution is -0.136. The lowest BCUT2D eigenvalue weighted by Crippen LogP contribution is -2.43. The summed E-state index contributed by atoms with van der Waals surface area (Å²) in [5.41, 5.74) is 0. The molecule has 3 heteroatoms. The number of carbonyl (C=O) groups is 1. The first-order valence-corrected chi connectivity index (χ1v) is 5.84. The normalized spacial score (nSPS) is 17.5. The van der Waals surface area contributed by atoms with E-state index in [0.717, 1.165) is 12.8 Å². The Morgan fingerprint density at radius 2 is 2.00 bits per heavy atom. The molecule has 3 nitrogen and oxygen atoms in total. The maximum Gasteiger partial charge on any atom is 0.226 e. The Hall–Kier alpha value is -1.04. The highest BCUT2D eigenvalue weighted by Gasteiger charge is 2.26. The topological polar surface area (TPSA) is 44.1 Å². The second-order valence-corrected chi connectivity index (χ2v) is 4.57. The molecule has 0 aliphatic heterocycles. The Bertz CT molecular complexity index is 249. The van der Waals surface area contributed by atoms with E-state index in [9.17, 15) is 4.79 Å². The van der Waals surface area contributed by atoms with Crippen molar-refractivity contribution < 1.29 is 4.79 Å². The molecule has 1 rings (SSSR count). The Morgan fingerprint density at radius 3 is 2.47 bits per heavy atom. The lowest BCUT2D eigenvalue weighted by Gasteiger charge is -2.33. The van der Waals surface area contributed by atoms with Crippen LogP contribution in [0.4, 0.5) is 0 Å². The van der Waals surface area contributed by atoms with Gasteiger partial charge in [0, 0.05) is 12.0 Å². The molecule has 0 unspecified atom stereocenters. The van der Waals surface area contributed by atoms with Crippen molar-refractivity contribution in [3.63, 3.8) is 0 Å². The molecule has 0 heterocycles. The highest BCUT2D eigenvalue weighted by atomic mass is 16.2. The van der Waals surface area contributed by atoms with Crippen LogP contribution in [0.1, 0.15) is 46.0 Å². The third-order valence-corrected chi connectivity index (χ3v) is 3.03. The minimum absolute atomic E-state index is 0.000256. The van der Waals surface area contributed by atoms with Crippen LogP contribution in [0.3, 0.4) is 0 Å². The number of nitrogens with zero attached hydrogens (tertiary/aromatic N) is 2. The van der Waals surface area contributed by atoms with Crippen LogP contribution in [0.15, 0.2) is 0 Å². The maximum atomic E-state index is 11.9. The molecule has 0 bridgehead atoms. The molecule has 1 amide bonds. The van der Waals surface area contributed by atoms with Crippen LogP contribution in [-0.4, -0.2) is 23.4 Å². The molecule has 1 aliphatic rings. The molecule has 0 spiro atoms. The zero-order valence-electron chi connectivity index (χ0n) is 9.70. The van der Waals surface area contributed by atoms with Gasteiger partial charge in [-0.25, -0.2) is 0 Å². The van der Waals surface area contributed by atoms with Gasteiger partial charge in [-0.15, -0.1) is 0 Å². The summed E-state index contributed by atoms with van der Waals surface area (Å²) < 4.78 is 0. The predicted octanol–water partition coefficient (Wildman–Crippen LogP) is 2.33. The van der Waals surface area contributed by atoms with Crippen LogP contribution >= 0.6 is 0 Å². The quantitative estimate of drug-likeness (QED) is 0.668. The number of nitriles is 1. The fourth-order valence-corrected chi connectivity index (χ4v) is 2.19. The smallest absolute Gasteiger partial charge is 0.226 e. The second kappa shape index (κ2) is 5.75. The van der Waals surface area contributed by atoms with E-state index in [-0.39, 0.29) is 18.4 Å². The van der Waals surface area contributed by atoms with Crippen LogP contribution in [-0.2, 0) is 4.79 Å². The third-order valence-electron chi connectivity index (χ3n) is 3.03. The Kier molecular flexibility index (Phi) is 4.61. The third kappa shape index (κ3) is 3.23. The van der Waals surface area contributed by atoms with Crippen molar-refractivity contribution in [2.75, 3.05) is 6.54 Å². The van der Waals surface area contributed by atoms with Gasteiger partial charge in [0.1, 0.15) is 6.54 Å². The van der Waals surface area contributed by atoms with Crippen LogP contribution in [0.5, 0.6) is 0 Å². The van der Waals surface area contributed by atoms with Gasteiger partial charge >= 0.3 is 0 Å². The minimum Gasteiger partial charge on any atom is -0.326 e. The van der Waals surface area contributed by atoms with Crippen molar-refractivity contribution in [2.24, 2.45) is 5.92 Å². The highest BCUT2D eigenvalue weighted by Crippen LogP contribution is 2.23. The summed E-state index contributed by atoms with van der Waals surface area (Å²) in [7, 11) is 0. The molecule has 1 fully saturated rings. The van der Waals surface area contributed by atoms with Gasteiger partial charge in [0.2, 0.25) is 5.91 Å². The molecular formula is C12H20N2O. The van der Waals surface area contributed by atoms with E-state index in [1.54, 1.807) is 4.90 Å². The Morgan fingerprint density at radius 1 is 1.40 bits per heavy atom. The molecule has 15 heavy (non-hydrogen) atoms. The fourth-order valence-electron chi connectivity index (χ4n) is 2.19. The van der Waals surface area contributed by atoms with E-state index >= 15 is 0 Å². The SMILES string of the molecule is CC(C)C(=O)N(CC#N)C1CCCCC1. The second-order valence-electron chi connectivity index (χ2n) is 4.57. The molecule has 0 saturated heterocycles.